The average molecular weight is 451 g/mol. The lowest BCUT2D eigenvalue weighted by atomic mass is 10.1. The Morgan fingerprint density at radius 2 is 2.00 bits per heavy atom. The fraction of sp³-hybridized carbons (Fsp3) is 0.200. The highest BCUT2D eigenvalue weighted by atomic mass is 79.9. The van der Waals surface area contributed by atoms with Gasteiger partial charge in [-0.3, -0.25) is 4.79 Å². The van der Waals surface area contributed by atoms with Crippen molar-refractivity contribution in [2.75, 3.05) is 7.05 Å². The van der Waals surface area contributed by atoms with Gasteiger partial charge < -0.3 is 4.90 Å². The van der Waals surface area contributed by atoms with Gasteiger partial charge in [-0.1, -0.05) is 34.1 Å². The van der Waals surface area contributed by atoms with Crippen molar-refractivity contribution in [1.82, 2.24) is 9.88 Å². The van der Waals surface area contributed by atoms with Gasteiger partial charge in [0, 0.05) is 22.5 Å². The lowest BCUT2D eigenvalue weighted by Gasteiger charge is -2.25. The van der Waals surface area contributed by atoms with Gasteiger partial charge in [-0.25, -0.2) is 13.8 Å². The maximum absolute atomic E-state index is 13.5. The van der Waals surface area contributed by atoms with E-state index < -0.39 is 11.6 Å². The van der Waals surface area contributed by atoms with Gasteiger partial charge in [0.25, 0.3) is 0 Å². The summed E-state index contributed by atoms with van der Waals surface area (Å²) in [5.41, 5.74) is 2.21. The smallest absolute Gasteiger partial charge is 0.228 e. The number of hydrogen-bond donors (Lipinski definition) is 0. The molecule has 1 atom stereocenters. The van der Waals surface area contributed by atoms with Crippen molar-refractivity contribution in [3.8, 4) is 10.6 Å². The van der Waals surface area contributed by atoms with E-state index in [2.05, 4.69) is 20.9 Å². The Kier molecular flexibility index (Phi) is 6.01. The number of nitrogens with zero attached hydrogens (tertiary/aromatic N) is 2. The number of likely N-dealkylation sites (N-methyl/N-ethyl adjacent to an activating group) is 1. The van der Waals surface area contributed by atoms with Crippen LogP contribution in [-0.4, -0.2) is 22.8 Å². The molecule has 3 aromatic rings. The third-order valence-electron chi connectivity index (χ3n) is 4.36. The summed E-state index contributed by atoms with van der Waals surface area (Å²) in [7, 11) is 1.65. The van der Waals surface area contributed by atoms with Crippen LogP contribution in [0, 0.1) is 11.6 Å². The van der Waals surface area contributed by atoms with Gasteiger partial charge >= 0.3 is 0 Å². The Morgan fingerprint density at radius 1 is 1.22 bits per heavy atom. The summed E-state index contributed by atoms with van der Waals surface area (Å²) >= 11 is 4.92. The molecule has 3 rings (SSSR count). The van der Waals surface area contributed by atoms with Crippen LogP contribution in [0.3, 0.4) is 0 Å². The molecule has 1 unspecified atom stereocenters. The van der Waals surface area contributed by atoms with Gasteiger partial charge in [0.05, 0.1) is 18.2 Å². The van der Waals surface area contributed by atoms with Gasteiger partial charge in [-0.2, -0.15) is 0 Å². The largest absolute Gasteiger partial charge is 0.339 e. The van der Waals surface area contributed by atoms with Crippen LogP contribution < -0.4 is 0 Å². The van der Waals surface area contributed by atoms with Gasteiger partial charge in [-0.05, 0) is 36.8 Å². The molecule has 0 N–H and O–H groups in total. The molecule has 2 aromatic carbocycles. The molecule has 0 spiro atoms. The van der Waals surface area contributed by atoms with Gasteiger partial charge in [0.2, 0.25) is 5.91 Å². The van der Waals surface area contributed by atoms with Crippen molar-refractivity contribution in [2.45, 2.75) is 19.4 Å². The molecule has 1 heterocycles. The number of carbonyl (C=O) groups is 1. The van der Waals surface area contributed by atoms with Crippen molar-refractivity contribution in [2.24, 2.45) is 0 Å². The van der Waals surface area contributed by atoms with E-state index >= 15 is 0 Å². The molecule has 0 saturated heterocycles. The predicted molar refractivity (Wildman–Crippen MR) is 106 cm³/mol. The molecule has 0 aliphatic heterocycles. The summed E-state index contributed by atoms with van der Waals surface area (Å²) < 4.78 is 27.5. The minimum Gasteiger partial charge on any atom is -0.339 e. The highest BCUT2D eigenvalue weighted by molar-refractivity contribution is 9.10. The van der Waals surface area contributed by atoms with E-state index in [0.29, 0.717) is 11.3 Å². The summed E-state index contributed by atoms with van der Waals surface area (Å²) in [5.74, 6) is -1.96. The topological polar surface area (TPSA) is 33.2 Å². The number of rotatable bonds is 5. The molecule has 0 aliphatic carbocycles. The first-order valence-corrected chi connectivity index (χ1v) is 9.93. The molecule has 0 fully saturated rings. The van der Waals surface area contributed by atoms with Crippen LogP contribution in [0.5, 0.6) is 0 Å². The highest BCUT2D eigenvalue weighted by Crippen LogP contribution is 2.27. The first-order valence-electron chi connectivity index (χ1n) is 8.26. The summed E-state index contributed by atoms with van der Waals surface area (Å²) in [5, 5.41) is 2.71. The Labute approximate surface area is 168 Å². The summed E-state index contributed by atoms with van der Waals surface area (Å²) in [6.07, 6.45) is 0.148. The number of aromatic nitrogens is 1. The number of halogens is 3. The Balaban J connectivity index is 1.70. The summed E-state index contributed by atoms with van der Waals surface area (Å²) in [6, 6.07) is 11.1. The molecule has 140 valence electrons. The number of hydrogen-bond acceptors (Lipinski definition) is 3. The quantitative estimate of drug-likeness (QED) is 0.505. The van der Waals surface area contributed by atoms with E-state index in [0.717, 1.165) is 27.2 Å². The Hall–Kier alpha value is -2.12. The second-order valence-corrected chi connectivity index (χ2v) is 7.96. The van der Waals surface area contributed by atoms with Crippen LogP contribution in [0.4, 0.5) is 8.78 Å². The van der Waals surface area contributed by atoms with E-state index in [1.807, 2.05) is 29.6 Å². The average Bonchev–Trinajstić information content (AvgIpc) is 3.11. The first-order chi connectivity index (χ1) is 12.8. The lowest BCUT2D eigenvalue weighted by Crippen LogP contribution is -2.31. The van der Waals surface area contributed by atoms with E-state index in [9.17, 15) is 13.6 Å². The molecular weight excluding hydrogens is 434 g/mol. The standard InChI is InChI=1S/C20H17BrF2N2OS/c1-12(13-6-7-17(22)18(23)9-13)25(2)19(26)10-16-11-27-20(24-16)14-4-3-5-15(21)8-14/h3-9,11-12H,10H2,1-2H3. The normalized spacial score (nSPS) is 12.0. The van der Waals surface area contributed by atoms with Crippen LogP contribution in [0.1, 0.15) is 24.2 Å². The molecule has 0 radical (unpaired) electrons. The SMILES string of the molecule is CC(c1ccc(F)c(F)c1)N(C)C(=O)Cc1csc(-c2cccc(Br)c2)n1. The van der Waals surface area contributed by atoms with Crippen LogP contribution in [0.2, 0.25) is 0 Å². The lowest BCUT2D eigenvalue weighted by molar-refractivity contribution is -0.131. The van der Waals surface area contributed by atoms with Gasteiger partial charge in [0.1, 0.15) is 5.01 Å². The molecule has 7 heteroatoms. The maximum atomic E-state index is 13.5. The molecule has 0 bridgehead atoms. The van der Waals surface area contributed by atoms with Gasteiger partial charge in [-0.15, -0.1) is 11.3 Å². The van der Waals surface area contributed by atoms with E-state index in [-0.39, 0.29) is 18.4 Å². The molecule has 27 heavy (non-hydrogen) atoms. The number of carbonyl (C=O) groups excluding carboxylic acids is 1. The zero-order chi connectivity index (χ0) is 19.6. The zero-order valence-corrected chi connectivity index (χ0v) is 17.2. The fourth-order valence-corrected chi connectivity index (χ4v) is 3.85. The van der Waals surface area contributed by atoms with Gasteiger partial charge in [0.15, 0.2) is 11.6 Å². The van der Waals surface area contributed by atoms with Crippen molar-refractivity contribution >= 4 is 33.2 Å². The molecule has 1 aromatic heterocycles. The zero-order valence-electron chi connectivity index (χ0n) is 14.7. The molecule has 3 nitrogen and oxygen atoms in total. The molecular formula is C20H17BrF2N2OS. The number of amides is 1. The first kappa shape index (κ1) is 19.6. The molecule has 1 amide bonds. The van der Waals surface area contributed by atoms with Crippen LogP contribution in [-0.2, 0) is 11.2 Å². The van der Waals surface area contributed by atoms with Crippen LogP contribution >= 0.6 is 27.3 Å². The second kappa shape index (κ2) is 8.27. The van der Waals surface area contributed by atoms with E-state index in [4.69, 9.17) is 0 Å². The maximum Gasteiger partial charge on any atom is 0.228 e. The van der Waals surface area contributed by atoms with Crippen molar-refractivity contribution in [3.05, 3.63) is 75.2 Å². The number of thiazole rings is 1. The minimum atomic E-state index is -0.918. The van der Waals surface area contributed by atoms with Crippen LogP contribution in [0.25, 0.3) is 10.6 Å². The van der Waals surface area contributed by atoms with E-state index in [1.54, 1.807) is 14.0 Å². The summed E-state index contributed by atoms with van der Waals surface area (Å²) in [6.45, 7) is 1.78. The Bertz CT molecular complexity index is 976. The second-order valence-electron chi connectivity index (χ2n) is 6.19. The van der Waals surface area contributed by atoms with Crippen molar-refractivity contribution in [1.29, 1.82) is 0 Å². The Morgan fingerprint density at radius 3 is 2.70 bits per heavy atom. The van der Waals surface area contributed by atoms with E-state index in [1.165, 1.54) is 22.3 Å². The third-order valence-corrected chi connectivity index (χ3v) is 5.79. The monoisotopic (exact) mass is 450 g/mol. The molecule has 0 saturated carbocycles. The summed E-state index contributed by atoms with van der Waals surface area (Å²) in [4.78, 5) is 18.7. The predicted octanol–water partition coefficient (Wildman–Crippen LogP) is 5.61. The highest BCUT2D eigenvalue weighted by Gasteiger charge is 2.20. The minimum absolute atomic E-state index is 0.140. The van der Waals surface area contributed by atoms with Crippen LogP contribution in [0.15, 0.2) is 52.3 Å². The molecule has 0 aliphatic rings. The third kappa shape index (κ3) is 4.59. The van der Waals surface area contributed by atoms with Crippen molar-refractivity contribution < 1.29 is 13.6 Å². The van der Waals surface area contributed by atoms with Crippen molar-refractivity contribution in [3.63, 3.8) is 0 Å². The number of benzene rings is 2. The fourth-order valence-electron chi connectivity index (χ4n) is 2.63.